The highest BCUT2D eigenvalue weighted by molar-refractivity contribution is 5.80. The summed E-state index contributed by atoms with van der Waals surface area (Å²) in [4.78, 5) is 18.4. The van der Waals surface area contributed by atoms with E-state index in [1.807, 2.05) is 29.2 Å². The number of aromatic nitrogens is 1. The number of aryl methyl sites for hydroxylation is 1. The van der Waals surface area contributed by atoms with Gasteiger partial charge in [-0.05, 0) is 54.5 Å². The number of nitrogens with one attached hydrogen (secondary N) is 1. The molecule has 152 valence electrons. The van der Waals surface area contributed by atoms with Crippen molar-refractivity contribution in [3.63, 3.8) is 0 Å². The maximum absolute atomic E-state index is 12.9. The molecule has 4 rings (SSSR count). The van der Waals surface area contributed by atoms with E-state index in [0.29, 0.717) is 30.3 Å². The van der Waals surface area contributed by atoms with Crippen molar-refractivity contribution in [1.82, 2.24) is 9.88 Å². The second-order valence-corrected chi connectivity index (χ2v) is 7.68. The quantitative estimate of drug-likeness (QED) is 0.671. The molecule has 1 unspecified atom stereocenters. The first-order valence-corrected chi connectivity index (χ1v) is 10.2. The van der Waals surface area contributed by atoms with Gasteiger partial charge in [0.1, 0.15) is 0 Å². The van der Waals surface area contributed by atoms with Crippen LogP contribution in [0.4, 0.5) is 0 Å². The summed E-state index contributed by atoms with van der Waals surface area (Å²) in [5.41, 5.74) is 3.49. The summed E-state index contributed by atoms with van der Waals surface area (Å²) in [6.45, 7) is 1.64. The molecule has 1 atom stereocenters. The van der Waals surface area contributed by atoms with Gasteiger partial charge in [0.25, 0.3) is 0 Å². The lowest BCUT2D eigenvalue weighted by atomic mass is 9.94. The average molecular weight is 392 g/mol. The van der Waals surface area contributed by atoms with Crippen LogP contribution in [0.1, 0.15) is 36.4 Å². The SMILES string of the molecule is COc1ccc(CCC(=O)N2CCCC(c3cc4ccccc4[nH]3)C2)cc1OC. The van der Waals surface area contributed by atoms with Crippen LogP contribution in [0.3, 0.4) is 0 Å². The van der Waals surface area contributed by atoms with E-state index in [-0.39, 0.29) is 5.91 Å². The van der Waals surface area contributed by atoms with Crippen molar-refractivity contribution in [1.29, 1.82) is 0 Å². The highest BCUT2D eigenvalue weighted by Crippen LogP contribution is 2.30. The third kappa shape index (κ3) is 4.24. The van der Waals surface area contributed by atoms with Crippen molar-refractivity contribution in [2.45, 2.75) is 31.6 Å². The van der Waals surface area contributed by atoms with Gasteiger partial charge in [0.05, 0.1) is 14.2 Å². The Labute approximate surface area is 171 Å². The highest BCUT2D eigenvalue weighted by Gasteiger charge is 2.25. The molecule has 0 bridgehead atoms. The van der Waals surface area contributed by atoms with Crippen LogP contribution in [-0.2, 0) is 11.2 Å². The Morgan fingerprint density at radius 2 is 1.93 bits per heavy atom. The van der Waals surface area contributed by atoms with Crippen molar-refractivity contribution >= 4 is 16.8 Å². The summed E-state index contributed by atoms with van der Waals surface area (Å²) in [5, 5.41) is 1.24. The van der Waals surface area contributed by atoms with E-state index < -0.39 is 0 Å². The summed E-state index contributed by atoms with van der Waals surface area (Å²) < 4.78 is 10.6. The van der Waals surface area contributed by atoms with Crippen molar-refractivity contribution in [3.8, 4) is 11.5 Å². The first-order valence-electron chi connectivity index (χ1n) is 10.2. The Hall–Kier alpha value is -2.95. The third-order valence-electron chi connectivity index (χ3n) is 5.84. The zero-order valence-electron chi connectivity index (χ0n) is 17.1. The summed E-state index contributed by atoms with van der Waals surface area (Å²) in [7, 11) is 3.26. The van der Waals surface area contributed by atoms with Crippen LogP contribution in [0.25, 0.3) is 10.9 Å². The number of piperidine rings is 1. The number of para-hydroxylation sites is 1. The predicted octanol–water partition coefficient (Wildman–Crippen LogP) is 4.52. The number of fused-ring (bicyclic) bond motifs is 1. The van der Waals surface area contributed by atoms with Crippen molar-refractivity contribution < 1.29 is 14.3 Å². The number of benzene rings is 2. The molecule has 5 nitrogen and oxygen atoms in total. The molecule has 2 heterocycles. The number of rotatable bonds is 6. The number of amides is 1. The Kier molecular flexibility index (Phi) is 5.74. The summed E-state index contributed by atoms with van der Waals surface area (Å²) in [5.74, 6) is 2.01. The van der Waals surface area contributed by atoms with E-state index in [4.69, 9.17) is 9.47 Å². The van der Waals surface area contributed by atoms with Gasteiger partial charge in [0.15, 0.2) is 11.5 Å². The molecule has 1 aliphatic rings. The summed E-state index contributed by atoms with van der Waals surface area (Å²) in [6.07, 6.45) is 3.37. The molecule has 1 saturated heterocycles. The fourth-order valence-corrected chi connectivity index (χ4v) is 4.22. The fraction of sp³-hybridized carbons (Fsp3) is 0.375. The molecule has 0 saturated carbocycles. The van der Waals surface area contributed by atoms with Gasteiger partial charge in [-0.15, -0.1) is 0 Å². The molecular weight excluding hydrogens is 364 g/mol. The minimum absolute atomic E-state index is 0.223. The van der Waals surface area contributed by atoms with Gasteiger partial charge in [-0.25, -0.2) is 0 Å². The molecule has 5 heteroatoms. The number of ether oxygens (including phenoxy) is 2. The van der Waals surface area contributed by atoms with E-state index in [2.05, 4.69) is 29.2 Å². The Bertz CT molecular complexity index is 962. The zero-order valence-corrected chi connectivity index (χ0v) is 17.1. The first-order chi connectivity index (χ1) is 14.2. The molecule has 1 fully saturated rings. The Balaban J connectivity index is 1.38. The number of carbonyl (C=O) groups excluding carboxylic acids is 1. The molecular formula is C24H28N2O3. The molecule has 1 amide bonds. The maximum atomic E-state index is 12.9. The van der Waals surface area contributed by atoms with Gasteiger partial charge in [-0.2, -0.15) is 0 Å². The van der Waals surface area contributed by atoms with Gasteiger partial charge in [-0.1, -0.05) is 24.3 Å². The van der Waals surface area contributed by atoms with Crippen LogP contribution in [0.2, 0.25) is 0 Å². The predicted molar refractivity (Wildman–Crippen MR) is 115 cm³/mol. The van der Waals surface area contributed by atoms with Crippen LogP contribution in [-0.4, -0.2) is 43.1 Å². The van der Waals surface area contributed by atoms with Crippen LogP contribution in [0, 0.1) is 0 Å². The molecule has 1 N–H and O–H groups in total. The minimum atomic E-state index is 0.223. The lowest BCUT2D eigenvalue weighted by Crippen LogP contribution is -2.39. The van der Waals surface area contributed by atoms with Crippen LogP contribution in [0.15, 0.2) is 48.5 Å². The van der Waals surface area contributed by atoms with Gasteiger partial charge < -0.3 is 19.4 Å². The average Bonchev–Trinajstić information content (AvgIpc) is 3.21. The van der Waals surface area contributed by atoms with E-state index in [9.17, 15) is 4.79 Å². The van der Waals surface area contributed by atoms with Gasteiger partial charge in [0.2, 0.25) is 5.91 Å². The van der Waals surface area contributed by atoms with Crippen molar-refractivity contribution in [2.24, 2.45) is 0 Å². The number of carbonyl (C=O) groups is 1. The third-order valence-corrected chi connectivity index (χ3v) is 5.84. The minimum Gasteiger partial charge on any atom is -0.493 e. The summed E-state index contributed by atoms with van der Waals surface area (Å²) >= 11 is 0. The number of methoxy groups -OCH3 is 2. The first kappa shape index (κ1) is 19.4. The van der Waals surface area contributed by atoms with Crippen LogP contribution >= 0.6 is 0 Å². The fourth-order valence-electron chi connectivity index (χ4n) is 4.22. The second-order valence-electron chi connectivity index (χ2n) is 7.68. The van der Waals surface area contributed by atoms with Gasteiger partial charge in [-0.3, -0.25) is 4.79 Å². The maximum Gasteiger partial charge on any atom is 0.222 e. The molecule has 29 heavy (non-hydrogen) atoms. The monoisotopic (exact) mass is 392 g/mol. The number of H-pyrrole nitrogens is 1. The van der Waals surface area contributed by atoms with Crippen LogP contribution < -0.4 is 9.47 Å². The van der Waals surface area contributed by atoms with E-state index in [1.165, 1.54) is 16.6 Å². The molecule has 1 aromatic heterocycles. The molecule has 0 radical (unpaired) electrons. The van der Waals surface area contributed by atoms with E-state index in [1.54, 1.807) is 14.2 Å². The van der Waals surface area contributed by atoms with Gasteiger partial charge in [0, 0.05) is 36.6 Å². The molecule has 2 aromatic carbocycles. The molecule has 0 spiro atoms. The van der Waals surface area contributed by atoms with Gasteiger partial charge >= 0.3 is 0 Å². The smallest absolute Gasteiger partial charge is 0.222 e. The number of likely N-dealkylation sites (tertiary alicyclic amines) is 1. The van der Waals surface area contributed by atoms with E-state index >= 15 is 0 Å². The number of aromatic amines is 1. The Morgan fingerprint density at radius 3 is 2.72 bits per heavy atom. The van der Waals surface area contributed by atoms with E-state index in [0.717, 1.165) is 31.5 Å². The largest absolute Gasteiger partial charge is 0.493 e. The lowest BCUT2D eigenvalue weighted by Gasteiger charge is -2.32. The number of hydrogen-bond donors (Lipinski definition) is 1. The molecule has 0 aliphatic carbocycles. The van der Waals surface area contributed by atoms with Crippen molar-refractivity contribution in [2.75, 3.05) is 27.3 Å². The zero-order chi connectivity index (χ0) is 20.2. The topological polar surface area (TPSA) is 54.6 Å². The highest BCUT2D eigenvalue weighted by atomic mass is 16.5. The second kappa shape index (κ2) is 8.60. The lowest BCUT2D eigenvalue weighted by molar-refractivity contribution is -0.132. The Morgan fingerprint density at radius 1 is 1.10 bits per heavy atom. The molecule has 3 aromatic rings. The number of hydrogen-bond acceptors (Lipinski definition) is 3. The number of nitrogens with zero attached hydrogens (tertiary/aromatic N) is 1. The van der Waals surface area contributed by atoms with Crippen LogP contribution in [0.5, 0.6) is 11.5 Å². The normalized spacial score (nSPS) is 16.8. The summed E-state index contributed by atoms with van der Waals surface area (Å²) in [6, 6.07) is 16.4. The molecule has 1 aliphatic heterocycles. The van der Waals surface area contributed by atoms with Crippen molar-refractivity contribution in [3.05, 3.63) is 59.8 Å². The standard InChI is InChI=1S/C24H28N2O3/c1-28-22-11-9-17(14-23(22)29-2)10-12-24(27)26-13-5-7-19(16-26)21-15-18-6-3-4-8-20(18)25-21/h3-4,6,8-9,11,14-15,19,25H,5,7,10,12-13,16H2,1-2H3.